The summed E-state index contributed by atoms with van der Waals surface area (Å²) in [6, 6.07) is 23.4. The van der Waals surface area contributed by atoms with Crippen LogP contribution in [0.5, 0.6) is 0 Å². The van der Waals surface area contributed by atoms with Gasteiger partial charge in [0.1, 0.15) is 0 Å². The Labute approximate surface area is 195 Å². The average Bonchev–Trinajstić information content (AvgIpc) is 3.48. The van der Waals surface area contributed by atoms with Gasteiger partial charge in [-0.05, 0) is 49.6 Å². The molecule has 2 aromatic carbocycles. The van der Waals surface area contributed by atoms with Crippen LogP contribution in [0.2, 0.25) is 0 Å². The van der Waals surface area contributed by atoms with E-state index in [1.54, 1.807) is 17.6 Å². The third-order valence-corrected chi connectivity index (χ3v) is 6.33. The number of hydrogen-bond donors (Lipinski definition) is 1. The van der Waals surface area contributed by atoms with Crippen molar-refractivity contribution >= 4 is 34.4 Å². The van der Waals surface area contributed by atoms with E-state index in [9.17, 15) is 4.79 Å². The summed E-state index contributed by atoms with van der Waals surface area (Å²) in [7, 11) is 0. The zero-order chi connectivity index (χ0) is 22.8. The van der Waals surface area contributed by atoms with E-state index in [0.717, 1.165) is 44.1 Å². The van der Waals surface area contributed by atoms with E-state index in [0.29, 0.717) is 5.56 Å². The smallest absolute Gasteiger partial charge is 0.267 e. The fraction of sp³-hybridized carbons (Fsp3) is 0.0769. The first kappa shape index (κ1) is 20.8. The molecule has 5 aromatic rings. The number of thiophene rings is 1. The Bertz CT molecular complexity index is 1470. The number of aryl methyl sites for hydroxylation is 1. The zero-order valence-corrected chi connectivity index (χ0v) is 19.0. The lowest BCUT2D eigenvalue weighted by atomic mass is 10.1. The Hall–Kier alpha value is -4.10. The number of nitrogens with one attached hydrogen (secondary N) is 1. The van der Waals surface area contributed by atoms with Crippen LogP contribution in [-0.2, 0) is 0 Å². The molecule has 33 heavy (non-hydrogen) atoms. The van der Waals surface area contributed by atoms with Gasteiger partial charge in [-0.2, -0.15) is 10.2 Å². The van der Waals surface area contributed by atoms with Crippen molar-refractivity contribution in [3.63, 3.8) is 0 Å². The third kappa shape index (κ3) is 4.06. The molecule has 0 atom stereocenters. The summed E-state index contributed by atoms with van der Waals surface area (Å²) in [5.41, 5.74) is 8.40. The number of hydrazone groups is 1. The Morgan fingerprint density at radius 2 is 1.82 bits per heavy atom. The second-order valence-corrected chi connectivity index (χ2v) is 8.53. The maximum absolute atomic E-state index is 13.1. The van der Waals surface area contributed by atoms with E-state index in [4.69, 9.17) is 4.98 Å². The van der Waals surface area contributed by atoms with Crippen molar-refractivity contribution in [2.24, 2.45) is 5.10 Å². The zero-order valence-electron chi connectivity index (χ0n) is 18.2. The highest BCUT2D eigenvalue weighted by Gasteiger charge is 2.15. The van der Waals surface area contributed by atoms with Gasteiger partial charge < -0.3 is 0 Å². The highest BCUT2D eigenvalue weighted by Crippen LogP contribution is 2.28. The van der Waals surface area contributed by atoms with E-state index in [1.807, 2.05) is 96.7 Å². The second kappa shape index (κ2) is 8.80. The highest BCUT2D eigenvalue weighted by molar-refractivity contribution is 7.13. The first-order chi connectivity index (χ1) is 16.1. The van der Waals surface area contributed by atoms with Crippen LogP contribution in [0.3, 0.4) is 0 Å². The van der Waals surface area contributed by atoms with E-state index < -0.39 is 0 Å². The standard InChI is InChI=1S/C26H21N5OS/c1-17-22(18(2)31(30-17)19-9-4-3-5-10-19)16-27-29-26(32)21-15-24(25-13-8-14-33-25)28-23-12-7-6-11-20(21)23/h3-16H,1-2H3,(H,29,32)/b27-16+. The molecular weight excluding hydrogens is 430 g/mol. The van der Waals surface area contributed by atoms with Gasteiger partial charge in [0.15, 0.2) is 0 Å². The predicted octanol–water partition coefficient (Wildman–Crippen LogP) is 5.53. The minimum absolute atomic E-state index is 0.284. The fourth-order valence-corrected chi connectivity index (χ4v) is 4.48. The number of para-hydroxylation sites is 2. The lowest BCUT2D eigenvalue weighted by molar-refractivity contribution is 0.0956. The largest absolute Gasteiger partial charge is 0.272 e. The number of aromatic nitrogens is 3. The van der Waals surface area contributed by atoms with Crippen LogP contribution in [0, 0.1) is 13.8 Å². The minimum Gasteiger partial charge on any atom is -0.267 e. The molecule has 0 aliphatic rings. The maximum Gasteiger partial charge on any atom is 0.272 e. The summed E-state index contributed by atoms with van der Waals surface area (Å²) in [4.78, 5) is 18.8. The summed E-state index contributed by atoms with van der Waals surface area (Å²) in [5, 5.41) is 11.7. The molecule has 0 saturated carbocycles. The van der Waals surface area contributed by atoms with Gasteiger partial charge in [0.05, 0.1) is 44.9 Å². The molecule has 0 aliphatic heterocycles. The van der Waals surface area contributed by atoms with Crippen LogP contribution >= 0.6 is 11.3 Å². The molecule has 1 amide bonds. The van der Waals surface area contributed by atoms with E-state index in [2.05, 4.69) is 15.6 Å². The van der Waals surface area contributed by atoms with Crippen molar-refractivity contribution in [1.82, 2.24) is 20.2 Å². The molecule has 0 spiro atoms. The highest BCUT2D eigenvalue weighted by atomic mass is 32.1. The molecule has 0 radical (unpaired) electrons. The summed E-state index contributed by atoms with van der Waals surface area (Å²) in [6.45, 7) is 3.92. The Kier molecular flexibility index (Phi) is 5.54. The van der Waals surface area contributed by atoms with E-state index in [-0.39, 0.29) is 5.91 Å². The molecule has 3 aromatic heterocycles. The Morgan fingerprint density at radius 1 is 1.03 bits per heavy atom. The number of rotatable bonds is 5. The summed E-state index contributed by atoms with van der Waals surface area (Å²) < 4.78 is 1.88. The number of carbonyl (C=O) groups excluding carboxylic acids is 1. The van der Waals surface area contributed by atoms with Crippen LogP contribution in [-0.4, -0.2) is 26.9 Å². The van der Waals surface area contributed by atoms with Crippen LogP contribution in [0.15, 0.2) is 83.3 Å². The predicted molar refractivity (Wildman–Crippen MR) is 133 cm³/mol. The van der Waals surface area contributed by atoms with Crippen molar-refractivity contribution in [3.05, 3.63) is 101 Å². The molecule has 1 N–H and O–H groups in total. The SMILES string of the molecule is Cc1nn(-c2ccccc2)c(C)c1/C=N/NC(=O)c1cc(-c2cccs2)nc2ccccc12. The number of hydrogen-bond acceptors (Lipinski definition) is 5. The van der Waals surface area contributed by atoms with Crippen LogP contribution < -0.4 is 5.43 Å². The van der Waals surface area contributed by atoms with Crippen molar-refractivity contribution in [1.29, 1.82) is 0 Å². The number of benzene rings is 2. The van der Waals surface area contributed by atoms with Crippen molar-refractivity contribution in [2.45, 2.75) is 13.8 Å². The van der Waals surface area contributed by atoms with E-state index >= 15 is 0 Å². The molecular formula is C26H21N5OS. The topological polar surface area (TPSA) is 72.2 Å². The summed E-state index contributed by atoms with van der Waals surface area (Å²) >= 11 is 1.59. The fourth-order valence-electron chi connectivity index (χ4n) is 3.79. The molecule has 0 unspecified atom stereocenters. The molecule has 7 heteroatoms. The first-order valence-corrected chi connectivity index (χ1v) is 11.4. The molecule has 0 fully saturated rings. The first-order valence-electron chi connectivity index (χ1n) is 10.5. The van der Waals surface area contributed by atoms with Gasteiger partial charge in [-0.3, -0.25) is 4.79 Å². The quantitative estimate of drug-likeness (QED) is 0.282. The summed E-state index contributed by atoms with van der Waals surface area (Å²) in [5.74, 6) is -0.284. The molecule has 6 nitrogen and oxygen atoms in total. The number of nitrogens with zero attached hydrogens (tertiary/aromatic N) is 4. The maximum atomic E-state index is 13.1. The molecule has 162 valence electrons. The van der Waals surface area contributed by atoms with Crippen molar-refractivity contribution in [2.75, 3.05) is 0 Å². The lowest BCUT2D eigenvalue weighted by Crippen LogP contribution is -2.18. The molecule has 5 rings (SSSR count). The van der Waals surface area contributed by atoms with Gasteiger partial charge in [-0.25, -0.2) is 15.1 Å². The van der Waals surface area contributed by atoms with Gasteiger partial charge in [0, 0.05) is 10.9 Å². The number of fused-ring (bicyclic) bond motifs is 1. The second-order valence-electron chi connectivity index (χ2n) is 7.58. The molecule has 0 bridgehead atoms. The van der Waals surface area contributed by atoms with Crippen LogP contribution in [0.4, 0.5) is 0 Å². The number of carbonyl (C=O) groups is 1. The number of pyridine rings is 1. The third-order valence-electron chi connectivity index (χ3n) is 5.44. The Morgan fingerprint density at radius 3 is 2.61 bits per heavy atom. The van der Waals surface area contributed by atoms with Crippen molar-refractivity contribution in [3.8, 4) is 16.3 Å². The van der Waals surface area contributed by atoms with Gasteiger partial charge in [0.2, 0.25) is 0 Å². The lowest BCUT2D eigenvalue weighted by Gasteiger charge is -2.08. The van der Waals surface area contributed by atoms with Gasteiger partial charge in [0.25, 0.3) is 5.91 Å². The Balaban J connectivity index is 1.44. The van der Waals surface area contributed by atoms with E-state index in [1.165, 1.54) is 0 Å². The molecule has 0 aliphatic carbocycles. The normalized spacial score (nSPS) is 11.3. The van der Waals surface area contributed by atoms with Crippen LogP contribution in [0.1, 0.15) is 27.3 Å². The summed E-state index contributed by atoms with van der Waals surface area (Å²) in [6.07, 6.45) is 1.65. The monoisotopic (exact) mass is 451 g/mol. The minimum atomic E-state index is -0.284. The van der Waals surface area contributed by atoms with Gasteiger partial charge >= 0.3 is 0 Å². The molecule has 3 heterocycles. The average molecular weight is 452 g/mol. The molecule has 0 saturated heterocycles. The van der Waals surface area contributed by atoms with Gasteiger partial charge in [-0.1, -0.05) is 42.5 Å². The van der Waals surface area contributed by atoms with Crippen molar-refractivity contribution < 1.29 is 4.79 Å². The van der Waals surface area contributed by atoms with Gasteiger partial charge in [-0.15, -0.1) is 11.3 Å². The number of amides is 1. The van der Waals surface area contributed by atoms with Crippen LogP contribution in [0.25, 0.3) is 27.2 Å².